The molecule has 0 spiro atoms. The summed E-state index contributed by atoms with van der Waals surface area (Å²) in [7, 11) is 3.75. The second kappa shape index (κ2) is 5.35. The molecule has 1 aromatic rings. The Morgan fingerprint density at radius 3 is 2.56 bits per heavy atom. The molecule has 0 bridgehead atoms. The largest absolute Gasteiger partial charge is 0.361 e. The molecule has 100 valence electrons. The average molecular weight is 250 g/mol. The molecule has 18 heavy (non-hydrogen) atoms. The second-order valence-electron chi connectivity index (χ2n) is 5.60. The fourth-order valence-electron chi connectivity index (χ4n) is 1.45. The molecule has 5 nitrogen and oxygen atoms in total. The maximum Gasteiger partial charge on any atom is 0.241 e. The van der Waals surface area contributed by atoms with E-state index in [9.17, 15) is 4.79 Å². The molecule has 0 aliphatic carbocycles. The van der Waals surface area contributed by atoms with E-state index >= 15 is 0 Å². The van der Waals surface area contributed by atoms with Crippen LogP contribution in [-0.4, -0.2) is 31.0 Å². The van der Waals surface area contributed by atoms with Crippen molar-refractivity contribution in [2.45, 2.75) is 26.8 Å². The Balaban J connectivity index is 2.89. The fourth-order valence-corrected chi connectivity index (χ4v) is 1.45. The maximum atomic E-state index is 12.1. The standard InChI is InChI=1S/C13H22N4O/c1-13(2,3)10(14)12(18)16-9-7-6-8-15-11(9)17(4)5/h6-8,10H,14H2,1-5H3,(H,16,18)/t10-/m0/s1. The topological polar surface area (TPSA) is 71.2 Å². The van der Waals surface area contributed by atoms with E-state index in [1.165, 1.54) is 0 Å². The summed E-state index contributed by atoms with van der Waals surface area (Å²) in [6, 6.07) is 3.04. The molecule has 0 saturated carbocycles. The summed E-state index contributed by atoms with van der Waals surface area (Å²) in [5.74, 6) is 0.519. The molecule has 0 aromatic carbocycles. The van der Waals surface area contributed by atoms with Gasteiger partial charge in [-0.1, -0.05) is 20.8 Å². The predicted octanol–water partition coefficient (Wildman–Crippen LogP) is 1.46. The summed E-state index contributed by atoms with van der Waals surface area (Å²) in [5, 5.41) is 2.83. The Bertz CT molecular complexity index is 423. The van der Waals surface area contributed by atoms with Gasteiger partial charge in [-0.05, 0) is 17.5 Å². The number of hydrogen-bond donors (Lipinski definition) is 2. The van der Waals surface area contributed by atoms with Crippen molar-refractivity contribution < 1.29 is 4.79 Å². The van der Waals surface area contributed by atoms with Crippen molar-refractivity contribution in [1.29, 1.82) is 0 Å². The van der Waals surface area contributed by atoms with E-state index in [0.717, 1.165) is 0 Å². The second-order valence-corrected chi connectivity index (χ2v) is 5.60. The van der Waals surface area contributed by atoms with Crippen molar-refractivity contribution in [3.05, 3.63) is 18.3 Å². The van der Waals surface area contributed by atoms with Gasteiger partial charge in [-0.3, -0.25) is 4.79 Å². The summed E-state index contributed by atoms with van der Waals surface area (Å²) in [6.07, 6.45) is 1.69. The lowest BCUT2D eigenvalue weighted by molar-refractivity contribution is -0.119. The van der Waals surface area contributed by atoms with Gasteiger partial charge in [0.05, 0.1) is 11.7 Å². The number of nitrogens with zero attached hydrogens (tertiary/aromatic N) is 2. The van der Waals surface area contributed by atoms with Gasteiger partial charge in [0.2, 0.25) is 5.91 Å². The van der Waals surface area contributed by atoms with E-state index < -0.39 is 6.04 Å². The lowest BCUT2D eigenvalue weighted by Gasteiger charge is -2.26. The molecule has 0 saturated heterocycles. The van der Waals surface area contributed by atoms with Crippen LogP contribution >= 0.6 is 0 Å². The van der Waals surface area contributed by atoms with E-state index in [-0.39, 0.29) is 11.3 Å². The fraction of sp³-hybridized carbons (Fsp3) is 0.538. The van der Waals surface area contributed by atoms with Crippen LogP contribution in [0.15, 0.2) is 18.3 Å². The summed E-state index contributed by atoms with van der Waals surface area (Å²) >= 11 is 0. The molecule has 1 rings (SSSR count). The number of anilines is 2. The van der Waals surface area contributed by atoms with E-state index in [2.05, 4.69) is 10.3 Å². The number of amides is 1. The number of nitrogens with one attached hydrogen (secondary N) is 1. The van der Waals surface area contributed by atoms with Gasteiger partial charge >= 0.3 is 0 Å². The molecule has 0 unspecified atom stereocenters. The molecule has 0 radical (unpaired) electrons. The first-order valence-electron chi connectivity index (χ1n) is 5.92. The van der Waals surface area contributed by atoms with Crippen molar-refractivity contribution in [3.63, 3.8) is 0 Å². The van der Waals surface area contributed by atoms with Crippen LogP contribution in [0.2, 0.25) is 0 Å². The van der Waals surface area contributed by atoms with Crippen LogP contribution in [0.5, 0.6) is 0 Å². The molecular formula is C13H22N4O. The third-order valence-corrected chi connectivity index (χ3v) is 2.68. The van der Waals surface area contributed by atoms with Gasteiger partial charge in [0, 0.05) is 20.3 Å². The highest BCUT2D eigenvalue weighted by molar-refractivity contribution is 5.97. The Morgan fingerprint density at radius 2 is 2.06 bits per heavy atom. The van der Waals surface area contributed by atoms with Crippen LogP contribution in [0, 0.1) is 5.41 Å². The molecule has 0 fully saturated rings. The zero-order chi connectivity index (χ0) is 13.9. The first kappa shape index (κ1) is 14.4. The van der Waals surface area contributed by atoms with Crippen molar-refractivity contribution in [3.8, 4) is 0 Å². The summed E-state index contributed by atoms with van der Waals surface area (Å²) in [5.41, 5.74) is 6.32. The molecule has 1 aromatic heterocycles. The third-order valence-electron chi connectivity index (χ3n) is 2.68. The Labute approximate surface area is 108 Å². The third kappa shape index (κ3) is 3.43. The highest BCUT2D eigenvalue weighted by atomic mass is 16.2. The van der Waals surface area contributed by atoms with Crippen LogP contribution in [0.1, 0.15) is 20.8 Å². The SMILES string of the molecule is CN(C)c1ncccc1NC(=O)[C@H](N)C(C)(C)C. The van der Waals surface area contributed by atoms with Gasteiger partial charge in [0.1, 0.15) is 0 Å². The van der Waals surface area contributed by atoms with Crippen molar-refractivity contribution in [1.82, 2.24) is 4.98 Å². The normalized spacial score (nSPS) is 13.0. The summed E-state index contributed by atoms with van der Waals surface area (Å²) < 4.78 is 0. The first-order chi connectivity index (χ1) is 8.23. The van der Waals surface area contributed by atoms with Crippen LogP contribution < -0.4 is 16.0 Å². The Kier molecular flexibility index (Phi) is 4.29. The van der Waals surface area contributed by atoms with Crippen LogP contribution in [-0.2, 0) is 4.79 Å². The number of pyridine rings is 1. The maximum absolute atomic E-state index is 12.1. The number of rotatable bonds is 3. The minimum Gasteiger partial charge on any atom is -0.361 e. The molecule has 0 aliphatic heterocycles. The highest BCUT2D eigenvalue weighted by Gasteiger charge is 2.28. The average Bonchev–Trinajstić information content (AvgIpc) is 2.27. The molecule has 3 N–H and O–H groups in total. The molecular weight excluding hydrogens is 228 g/mol. The van der Waals surface area contributed by atoms with Gasteiger partial charge in [0.15, 0.2) is 5.82 Å². The number of hydrogen-bond acceptors (Lipinski definition) is 4. The van der Waals surface area contributed by atoms with Gasteiger partial charge < -0.3 is 16.0 Å². The van der Waals surface area contributed by atoms with Crippen molar-refractivity contribution in [2.24, 2.45) is 11.1 Å². The predicted molar refractivity (Wildman–Crippen MR) is 74.6 cm³/mol. The quantitative estimate of drug-likeness (QED) is 0.852. The van der Waals surface area contributed by atoms with Crippen molar-refractivity contribution in [2.75, 3.05) is 24.3 Å². The number of carbonyl (C=O) groups is 1. The highest BCUT2D eigenvalue weighted by Crippen LogP contribution is 2.23. The summed E-state index contributed by atoms with van der Waals surface area (Å²) in [6.45, 7) is 5.81. The zero-order valence-electron chi connectivity index (χ0n) is 11.7. The zero-order valence-corrected chi connectivity index (χ0v) is 11.7. The number of nitrogens with two attached hydrogens (primary N) is 1. The van der Waals surface area contributed by atoms with E-state index in [1.807, 2.05) is 45.8 Å². The first-order valence-corrected chi connectivity index (χ1v) is 5.92. The van der Waals surface area contributed by atoms with Crippen LogP contribution in [0.4, 0.5) is 11.5 Å². The smallest absolute Gasteiger partial charge is 0.241 e. The van der Waals surface area contributed by atoms with E-state index in [0.29, 0.717) is 11.5 Å². The summed E-state index contributed by atoms with van der Waals surface area (Å²) in [4.78, 5) is 18.1. The lowest BCUT2D eigenvalue weighted by atomic mass is 9.87. The Morgan fingerprint density at radius 1 is 1.44 bits per heavy atom. The molecule has 0 aliphatic rings. The van der Waals surface area contributed by atoms with Crippen LogP contribution in [0.25, 0.3) is 0 Å². The molecule has 1 atom stereocenters. The van der Waals surface area contributed by atoms with Crippen LogP contribution in [0.3, 0.4) is 0 Å². The van der Waals surface area contributed by atoms with Gasteiger partial charge in [-0.25, -0.2) is 4.98 Å². The van der Waals surface area contributed by atoms with Crippen molar-refractivity contribution >= 4 is 17.4 Å². The van der Waals surface area contributed by atoms with Gasteiger partial charge in [-0.2, -0.15) is 0 Å². The molecule has 1 amide bonds. The number of aromatic nitrogens is 1. The minimum absolute atomic E-state index is 0.196. The van der Waals surface area contributed by atoms with Gasteiger partial charge in [0.25, 0.3) is 0 Å². The Hall–Kier alpha value is -1.62. The molecule has 1 heterocycles. The molecule has 5 heteroatoms. The number of carbonyl (C=O) groups excluding carboxylic acids is 1. The van der Waals surface area contributed by atoms with E-state index in [1.54, 1.807) is 12.3 Å². The monoisotopic (exact) mass is 250 g/mol. The van der Waals surface area contributed by atoms with E-state index in [4.69, 9.17) is 5.73 Å². The van der Waals surface area contributed by atoms with Gasteiger partial charge in [-0.15, -0.1) is 0 Å². The minimum atomic E-state index is -0.562. The lowest BCUT2D eigenvalue weighted by Crippen LogP contribution is -2.45.